The molecule has 20 heavy (non-hydrogen) atoms. The van der Waals surface area contributed by atoms with Crippen molar-refractivity contribution in [1.29, 1.82) is 0 Å². The summed E-state index contributed by atoms with van der Waals surface area (Å²) in [4.78, 5) is 22.3. The summed E-state index contributed by atoms with van der Waals surface area (Å²) in [5.41, 5.74) is 0.513. The minimum Gasteiger partial charge on any atom is -0.490 e. The number of hydrogen-bond donors (Lipinski definition) is 1. The number of carbonyl (C=O) groups is 2. The molecule has 1 aliphatic carbocycles. The number of rotatable bonds is 8. The van der Waals surface area contributed by atoms with Crippen molar-refractivity contribution < 1.29 is 19.1 Å². The van der Waals surface area contributed by atoms with Gasteiger partial charge in [0.05, 0.1) is 6.61 Å². The Kier molecular flexibility index (Phi) is 4.98. The van der Waals surface area contributed by atoms with Gasteiger partial charge in [0, 0.05) is 12.1 Å². The Balaban J connectivity index is 1.89. The summed E-state index contributed by atoms with van der Waals surface area (Å²) < 4.78 is 10.9. The molecule has 0 heterocycles. The molecular weight excluding hydrogens is 258 g/mol. The van der Waals surface area contributed by atoms with Gasteiger partial charge in [-0.1, -0.05) is 0 Å². The van der Waals surface area contributed by atoms with Gasteiger partial charge in [0.1, 0.15) is 6.29 Å². The average Bonchev–Trinajstić information content (AvgIpc) is 3.28. The second-order valence-corrected chi connectivity index (χ2v) is 4.79. The lowest BCUT2D eigenvalue weighted by Gasteiger charge is -2.12. The molecule has 1 aromatic carbocycles. The van der Waals surface area contributed by atoms with E-state index in [0.717, 1.165) is 12.8 Å². The Bertz CT molecular complexity index is 483. The number of amides is 1. The first-order valence-corrected chi connectivity index (χ1v) is 6.84. The highest BCUT2D eigenvalue weighted by Crippen LogP contribution is 2.28. The van der Waals surface area contributed by atoms with E-state index in [1.807, 2.05) is 6.92 Å². The predicted octanol–water partition coefficient (Wildman–Crippen LogP) is 1.80. The summed E-state index contributed by atoms with van der Waals surface area (Å²) in [6.45, 7) is 2.99. The number of hydrogen-bond acceptors (Lipinski definition) is 4. The molecule has 0 aromatic heterocycles. The van der Waals surface area contributed by atoms with Crippen LogP contribution in [0.5, 0.6) is 11.5 Å². The number of benzene rings is 1. The minimum absolute atomic E-state index is 0.0484. The van der Waals surface area contributed by atoms with Crippen molar-refractivity contribution in [2.24, 2.45) is 5.92 Å². The van der Waals surface area contributed by atoms with Crippen LogP contribution in [0.1, 0.15) is 30.1 Å². The van der Waals surface area contributed by atoms with E-state index < -0.39 is 0 Å². The highest BCUT2D eigenvalue weighted by Gasteiger charge is 2.21. The van der Waals surface area contributed by atoms with Gasteiger partial charge in [0.25, 0.3) is 5.91 Å². The Labute approximate surface area is 118 Å². The fourth-order valence-electron chi connectivity index (χ4n) is 1.76. The fraction of sp³-hybridized carbons (Fsp3) is 0.467. The number of ether oxygens (including phenoxy) is 2. The van der Waals surface area contributed by atoms with Crippen molar-refractivity contribution in [2.45, 2.75) is 19.8 Å². The van der Waals surface area contributed by atoms with E-state index in [9.17, 15) is 9.59 Å². The van der Waals surface area contributed by atoms with E-state index >= 15 is 0 Å². The third-order valence-electron chi connectivity index (χ3n) is 3.05. The normalized spacial score (nSPS) is 13.7. The van der Waals surface area contributed by atoms with Gasteiger partial charge in [-0.2, -0.15) is 0 Å². The van der Waals surface area contributed by atoms with E-state index in [4.69, 9.17) is 9.47 Å². The first-order chi connectivity index (χ1) is 9.72. The summed E-state index contributed by atoms with van der Waals surface area (Å²) in [5, 5.41) is 2.83. The molecule has 1 aliphatic rings. The van der Waals surface area contributed by atoms with Crippen LogP contribution in [0.3, 0.4) is 0 Å². The number of nitrogens with one attached hydrogen (secondary N) is 1. The van der Waals surface area contributed by atoms with Crippen LogP contribution in [0.2, 0.25) is 0 Å². The molecule has 0 saturated heterocycles. The Morgan fingerprint density at radius 3 is 2.80 bits per heavy atom. The monoisotopic (exact) mass is 277 g/mol. The smallest absolute Gasteiger partial charge is 0.257 e. The molecule has 1 saturated carbocycles. The van der Waals surface area contributed by atoms with Crippen molar-refractivity contribution in [2.75, 3.05) is 19.8 Å². The standard InChI is InChI=1S/C15H19NO4/c1-2-19-14-7-12(9-17)5-6-13(14)20-10-15(18)16-8-11-3-4-11/h5-7,9,11H,2-4,8,10H2,1H3,(H,16,18). The van der Waals surface area contributed by atoms with Crippen molar-refractivity contribution >= 4 is 12.2 Å². The fourth-order valence-corrected chi connectivity index (χ4v) is 1.76. The molecule has 0 spiro atoms. The molecule has 0 bridgehead atoms. The van der Waals surface area contributed by atoms with E-state index in [1.165, 1.54) is 12.8 Å². The van der Waals surface area contributed by atoms with Gasteiger partial charge in [-0.3, -0.25) is 9.59 Å². The summed E-state index contributed by atoms with van der Waals surface area (Å²) in [5.74, 6) is 1.45. The van der Waals surface area contributed by atoms with E-state index in [0.29, 0.717) is 29.6 Å². The summed E-state index contributed by atoms with van der Waals surface area (Å²) in [7, 11) is 0. The van der Waals surface area contributed by atoms with Gasteiger partial charge >= 0.3 is 0 Å². The third kappa shape index (κ3) is 4.26. The first kappa shape index (κ1) is 14.4. The molecule has 0 aliphatic heterocycles. The molecule has 1 amide bonds. The lowest BCUT2D eigenvalue weighted by Crippen LogP contribution is -2.30. The molecule has 1 fully saturated rings. The SMILES string of the molecule is CCOc1cc(C=O)ccc1OCC(=O)NCC1CC1. The lowest BCUT2D eigenvalue weighted by molar-refractivity contribution is -0.123. The summed E-state index contributed by atoms with van der Waals surface area (Å²) in [6.07, 6.45) is 3.14. The Hall–Kier alpha value is -2.04. The van der Waals surface area contributed by atoms with E-state index in [1.54, 1.807) is 18.2 Å². The maximum Gasteiger partial charge on any atom is 0.257 e. The van der Waals surface area contributed by atoms with Gasteiger partial charge < -0.3 is 14.8 Å². The largest absolute Gasteiger partial charge is 0.490 e. The first-order valence-electron chi connectivity index (χ1n) is 6.84. The molecule has 1 aromatic rings. The Morgan fingerprint density at radius 1 is 1.35 bits per heavy atom. The second kappa shape index (κ2) is 6.93. The maximum atomic E-state index is 11.6. The zero-order valence-corrected chi connectivity index (χ0v) is 11.6. The third-order valence-corrected chi connectivity index (χ3v) is 3.05. The molecule has 5 nitrogen and oxygen atoms in total. The highest BCUT2D eigenvalue weighted by atomic mass is 16.5. The second-order valence-electron chi connectivity index (χ2n) is 4.79. The zero-order chi connectivity index (χ0) is 14.4. The van der Waals surface area contributed by atoms with Crippen LogP contribution in [-0.4, -0.2) is 32.0 Å². The van der Waals surface area contributed by atoms with Crippen LogP contribution < -0.4 is 14.8 Å². The van der Waals surface area contributed by atoms with Crippen LogP contribution >= 0.6 is 0 Å². The Morgan fingerprint density at radius 2 is 2.15 bits per heavy atom. The van der Waals surface area contributed by atoms with Crippen molar-refractivity contribution in [3.05, 3.63) is 23.8 Å². The number of carbonyl (C=O) groups excluding carboxylic acids is 2. The minimum atomic E-state index is -0.140. The van der Waals surface area contributed by atoms with Crippen LogP contribution in [0.15, 0.2) is 18.2 Å². The molecule has 1 N–H and O–H groups in total. The van der Waals surface area contributed by atoms with Crippen LogP contribution in [0.25, 0.3) is 0 Å². The molecule has 5 heteroatoms. The van der Waals surface area contributed by atoms with E-state index in [2.05, 4.69) is 5.32 Å². The van der Waals surface area contributed by atoms with Gasteiger partial charge in [0.2, 0.25) is 0 Å². The highest BCUT2D eigenvalue weighted by molar-refractivity contribution is 5.78. The van der Waals surface area contributed by atoms with Gasteiger partial charge in [-0.25, -0.2) is 0 Å². The van der Waals surface area contributed by atoms with E-state index in [-0.39, 0.29) is 12.5 Å². The molecule has 0 atom stereocenters. The van der Waals surface area contributed by atoms with Gasteiger partial charge in [-0.15, -0.1) is 0 Å². The molecule has 2 rings (SSSR count). The maximum absolute atomic E-state index is 11.6. The average molecular weight is 277 g/mol. The molecule has 0 radical (unpaired) electrons. The zero-order valence-electron chi connectivity index (χ0n) is 11.6. The van der Waals surface area contributed by atoms with Crippen LogP contribution in [0, 0.1) is 5.92 Å². The quantitative estimate of drug-likeness (QED) is 0.736. The molecular formula is C15H19NO4. The van der Waals surface area contributed by atoms with Gasteiger partial charge in [-0.05, 0) is 43.9 Å². The number of aldehydes is 1. The van der Waals surface area contributed by atoms with Crippen molar-refractivity contribution in [1.82, 2.24) is 5.32 Å². The molecule has 0 unspecified atom stereocenters. The molecule has 108 valence electrons. The lowest BCUT2D eigenvalue weighted by atomic mass is 10.2. The van der Waals surface area contributed by atoms with Crippen molar-refractivity contribution in [3.8, 4) is 11.5 Å². The van der Waals surface area contributed by atoms with Crippen LogP contribution in [0.4, 0.5) is 0 Å². The summed E-state index contributed by atoms with van der Waals surface area (Å²) >= 11 is 0. The van der Waals surface area contributed by atoms with Crippen LogP contribution in [-0.2, 0) is 4.79 Å². The van der Waals surface area contributed by atoms with Gasteiger partial charge in [0.15, 0.2) is 18.1 Å². The summed E-state index contributed by atoms with van der Waals surface area (Å²) in [6, 6.07) is 4.88. The van der Waals surface area contributed by atoms with Crippen molar-refractivity contribution in [3.63, 3.8) is 0 Å². The predicted molar refractivity (Wildman–Crippen MR) is 74.2 cm³/mol. The topological polar surface area (TPSA) is 64.6 Å².